The van der Waals surface area contributed by atoms with Gasteiger partial charge in [0.05, 0.1) is 13.1 Å². The molecule has 0 radical (unpaired) electrons. The van der Waals surface area contributed by atoms with E-state index in [9.17, 15) is 14.0 Å². The van der Waals surface area contributed by atoms with Gasteiger partial charge in [-0.05, 0) is 49.9 Å². The van der Waals surface area contributed by atoms with Gasteiger partial charge in [-0.1, -0.05) is 23.7 Å². The average Bonchev–Trinajstić information content (AvgIpc) is 2.51. The first kappa shape index (κ1) is 18.9. The van der Waals surface area contributed by atoms with Crippen molar-refractivity contribution in [3.63, 3.8) is 0 Å². The number of carbonyl (C=O) groups is 2. The molecule has 2 N–H and O–H groups in total. The summed E-state index contributed by atoms with van der Waals surface area (Å²) in [6.07, 6.45) is 0. The lowest BCUT2D eigenvalue weighted by Crippen LogP contribution is -2.36. The number of likely N-dealkylation sites (N-methyl/N-ethyl adjacent to an activating group) is 1. The van der Waals surface area contributed by atoms with E-state index in [-0.39, 0.29) is 24.9 Å². The van der Waals surface area contributed by atoms with E-state index in [1.807, 2.05) is 6.92 Å². The van der Waals surface area contributed by atoms with Gasteiger partial charge in [0, 0.05) is 16.4 Å². The molecular formula is C18H19ClFN3O2. The van der Waals surface area contributed by atoms with Crippen LogP contribution < -0.4 is 10.6 Å². The largest absolute Gasteiger partial charge is 0.325 e. The first-order valence-corrected chi connectivity index (χ1v) is 8.02. The minimum absolute atomic E-state index is 0.00153. The molecule has 0 saturated heterocycles. The molecule has 0 aliphatic heterocycles. The Balaban J connectivity index is 1.84. The molecule has 25 heavy (non-hydrogen) atoms. The highest BCUT2D eigenvalue weighted by Crippen LogP contribution is 2.22. The van der Waals surface area contributed by atoms with Crippen LogP contribution >= 0.6 is 11.6 Å². The van der Waals surface area contributed by atoms with Crippen molar-refractivity contribution in [2.75, 3.05) is 30.8 Å². The summed E-state index contributed by atoms with van der Waals surface area (Å²) in [4.78, 5) is 25.6. The molecule has 0 bridgehead atoms. The molecule has 0 atom stereocenters. The molecule has 2 amide bonds. The number of nitrogens with one attached hydrogen (secondary N) is 2. The van der Waals surface area contributed by atoms with Gasteiger partial charge in [0.2, 0.25) is 11.8 Å². The molecule has 0 fully saturated rings. The molecular weight excluding hydrogens is 345 g/mol. The lowest BCUT2D eigenvalue weighted by Gasteiger charge is -2.17. The van der Waals surface area contributed by atoms with Crippen molar-refractivity contribution in [2.24, 2.45) is 0 Å². The van der Waals surface area contributed by atoms with Crippen molar-refractivity contribution < 1.29 is 14.0 Å². The van der Waals surface area contributed by atoms with E-state index in [2.05, 4.69) is 10.6 Å². The SMILES string of the molecule is Cc1c(Cl)cccc1NC(=O)CN(C)CC(=O)Nc1cccc(F)c1. The molecule has 2 rings (SSSR count). The lowest BCUT2D eigenvalue weighted by atomic mass is 10.2. The molecule has 0 aliphatic carbocycles. The van der Waals surface area contributed by atoms with Crippen LogP contribution in [0.25, 0.3) is 0 Å². The number of amides is 2. The summed E-state index contributed by atoms with van der Waals surface area (Å²) in [5.74, 6) is -1.02. The first-order valence-electron chi connectivity index (χ1n) is 7.64. The van der Waals surface area contributed by atoms with Crippen LogP contribution in [-0.2, 0) is 9.59 Å². The Hall–Kier alpha value is -2.44. The van der Waals surface area contributed by atoms with Gasteiger partial charge in [0.1, 0.15) is 5.82 Å². The second-order valence-corrected chi connectivity index (χ2v) is 6.10. The second kappa shape index (κ2) is 8.60. The fourth-order valence-electron chi connectivity index (χ4n) is 2.25. The van der Waals surface area contributed by atoms with Crippen LogP contribution in [0.2, 0.25) is 5.02 Å². The van der Waals surface area contributed by atoms with E-state index in [1.54, 1.807) is 36.2 Å². The Labute approximate surface area is 150 Å². The minimum atomic E-state index is -0.428. The molecule has 0 aromatic heterocycles. The maximum absolute atomic E-state index is 13.1. The maximum atomic E-state index is 13.1. The molecule has 2 aromatic rings. The predicted octanol–water partition coefficient (Wildman–Crippen LogP) is 3.30. The Kier molecular flexibility index (Phi) is 6.50. The fraction of sp³-hybridized carbons (Fsp3) is 0.222. The molecule has 5 nitrogen and oxygen atoms in total. The van der Waals surface area contributed by atoms with Crippen LogP contribution in [0.5, 0.6) is 0 Å². The number of hydrogen-bond donors (Lipinski definition) is 2. The molecule has 132 valence electrons. The predicted molar refractivity (Wildman–Crippen MR) is 97.3 cm³/mol. The van der Waals surface area contributed by atoms with Gasteiger partial charge in [-0.3, -0.25) is 14.5 Å². The monoisotopic (exact) mass is 363 g/mol. The van der Waals surface area contributed by atoms with Crippen molar-refractivity contribution in [3.05, 3.63) is 58.9 Å². The van der Waals surface area contributed by atoms with Crippen LogP contribution in [-0.4, -0.2) is 36.9 Å². The summed E-state index contributed by atoms with van der Waals surface area (Å²) >= 11 is 6.02. The lowest BCUT2D eigenvalue weighted by molar-refractivity contribution is -0.119. The number of hydrogen-bond acceptors (Lipinski definition) is 3. The van der Waals surface area contributed by atoms with Crippen LogP contribution in [0.1, 0.15) is 5.56 Å². The zero-order valence-corrected chi connectivity index (χ0v) is 14.7. The van der Waals surface area contributed by atoms with E-state index in [4.69, 9.17) is 11.6 Å². The van der Waals surface area contributed by atoms with Crippen molar-refractivity contribution in [3.8, 4) is 0 Å². The maximum Gasteiger partial charge on any atom is 0.238 e. The Morgan fingerprint density at radius 3 is 2.40 bits per heavy atom. The first-order chi connectivity index (χ1) is 11.8. The van der Waals surface area contributed by atoms with Gasteiger partial charge in [0.15, 0.2) is 0 Å². The zero-order valence-electron chi connectivity index (χ0n) is 14.0. The fourth-order valence-corrected chi connectivity index (χ4v) is 2.42. The van der Waals surface area contributed by atoms with Crippen LogP contribution in [0.3, 0.4) is 0 Å². The summed E-state index contributed by atoms with van der Waals surface area (Å²) in [6.45, 7) is 1.84. The third kappa shape index (κ3) is 5.85. The molecule has 2 aromatic carbocycles. The van der Waals surface area contributed by atoms with E-state index >= 15 is 0 Å². The summed E-state index contributed by atoms with van der Waals surface area (Å²) in [7, 11) is 1.65. The number of carbonyl (C=O) groups excluding carboxylic acids is 2. The van der Waals surface area contributed by atoms with Gasteiger partial charge < -0.3 is 10.6 Å². The standard InChI is InChI=1S/C18H19ClFN3O2/c1-12-15(19)7-4-8-16(12)22-18(25)11-23(2)10-17(24)21-14-6-3-5-13(20)9-14/h3-9H,10-11H2,1-2H3,(H,21,24)(H,22,25). The molecule has 0 saturated carbocycles. The average molecular weight is 364 g/mol. The van der Waals surface area contributed by atoms with Crippen molar-refractivity contribution in [2.45, 2.75) is 6.92 Å². The number of anilines is 2. The number of halogens is 2. The van der Waals surface area contributed by atoms with E-state index in [0.717, 1.165) is 5.56 Å². The highest BCUT2D eigenvalue weighted by Gasteiger charge is 2.12. The van der Waals surface area contributed by atoms with Gasteiger partial charge in [0.25, 0.3) is 0 Å². The summed E-state index contributed by atoms with van der Waals surface area (Å²) in [5, 5.41) is 5.92. The molecule has 0 spiro atoms. The molecule has 0 heterocycles. The van der Waals surface area contributed by atoms with E-state index in [1.165, 1.54) is 18.2 Å². The van der Waals surface area contributed by atoms with Gasteiger partial charge in [-0.25, -0.2) is 4.39 Å². The Morgan fingerprint density at radius 1 is 1.08 bits per heavy atom. The highest BCUT2D eigenvalue weighted by molar-refractivity contribution is 6.31. The summed E-state index contributed by atoms with van der Waals surface area (Å²) < 4.78 is 13.1. The van der Waals surface area contributed by atoms with Gasteiger partial charge >= 0.3 is 0 Å². The normalized spacial score (nSPS) is 10.6. The third-order valence-electron chi connectivity index (χ3n) is 3.48. The second-order valence-electron chi connectivity index (χ2n) is 5.69. The van der Waals surface area contributed by atoms with Crippen LogP contribution in [0, 0.1) is 12.7 Å². The van der Waals surface area contributed by atoms with Crippen molar-refractivity contribution in [1.82, 2.24) is 4.90 Å². The van der Waals surface area contributed by atoms with Crippen LogP contribution in [0.4, 0.5) is 15.8 Å². The quantitative estimate of drug-likeness (QED) is 0.827. The summed E-state index contributed by atoms with van der Waals surface area (Å²) in [5.41, 5.74) is 1.79. The molecule has 0 aliphatic rings. The Morgan fingerprint density at radius 2 is 1.72 bits per heavy atom. The zero-order chi connectivity index (χ0) is 18.4. The van der Waals surface area contributed by atoms with E-state index in [0.29, 0.717) is 16.4 Å². The van der Waals surface area contributed by atoms with Crippen molar-refractivity contribution in [1.29, 1.82) is 0 Å². The number of rotatable bonds is 6. The van der Waals surface area contributed by atoms with Crippen LogP contribution in [0.15, 0.2) is 42.5 Å². The molecule has 0 unspecified atom stereocenters. The summed E-state index contributed by atoms with van der Waals surface area (Å²) in [6, 6.07) is 10.9. The Bertz CT molecular complexity index is 783. The topological polar surface area (TPSA) is 61.4 Å². The van der Waals surface area contributed by atoms with Gasteiger partial charge in [-0.2, -0.15) is 0 Å². The number of benzene rings is 2. The minimum Gasteiger partial charge on any atom is -0.325 e. The van der Waals surface area contributed by atoms with Gasteiger partial charge in [-0.15, -0.1) is 0 Å². The van der Waals surface area contributed by atoms with Crippen molar-refractivity contribution >= 4 is 34.8 Å². The highest BCUT2D eigenvalue weighted by atomic mass is 35.5. The third-order valence-corrected chi connectivity index (χ3v) is 3.89. The molecule has 7 heteroatoms. The smallest absolute Gasteiger partial charge is 0.238 e. The number of nitrogens with zero attached hydrogens (tertiary/aromatic N) is 1. The van der Waals surface area contributed by atoms with E-state index < -0.39 is 5.82 Å².